The summed E-state index contributed by atoms with van der Waals surface area (Å²) in [5, 5.41) is 0. The molecule has 0 atom stereocenters. The van der Waals surface area contributed by atoms with Crippen LogP contribution in [0.2, 0.25) is 0 Å². The molecule has 0 aliphatic heterocycles. The fraction of sp³-hybridized carbons (Fsp3) is 0.400. The lowest BCUT2D eigenvalue weighted by Crippen LogP contribution is -2.00. The van der Waals surface area contributed by atoms with Crippen LogP contribution < -0.4 is 10.6 Å². The van der Waals surface area contributed by atoms with Gasteiger partial charge in [0.05, 0.1) is 20.3 Å². The van der Waals surface area contributed by atoms with Crippen molar-refractivity contribution in [2.75, 3.05) is 14.2 Å². The van der Waals surface area contributed by atoms with Crippen LogP contribution in [0.5, 0.6) is 5.75 Å². The van der Waals surface area contributed by atoms with Gasteiger partial charge >= 0.3 is 0 Å². The highest BCUT2D eigenvalue weighted by molar-refractivity contribution is 5.33. The summed E-state index contributed by atoms with van der Waals surface area (Å²) >= 11 is 0. The lowest BCUT2D eigenvalue weighted by molar-refractivity contribution is 0.123. The van der Waals surface area contributed by atoms with Crippen LogP contribution in [-0.4, -0.2) is 14.2 Å². The third-order valence-corrected chi connectivity index (χ3v) is 1.82. The van der Waals surface area contributed by atoms with Crippen LogP contribution in [0.4, 0.5) is 0 Å². The zero-order valence-electron chi connectivity index (χ0n) is 8.45. The summed E-state index contributed by atoms with van der Waals surface area (Å²) < 4.78 is 10.2. The van der Waals surface area contributed by atoms with Gasteiger partial charge in [-0.3, -0.25) is 4.84 Å². The first-order chi connectivity index (χ1) is 6.80. The number of hydrogen-bond donors (Lipinski definition) is 1. The zero-order chi connectivity index (χ0) is 10.4. The Labute approximate surface area is 83.5 Å². The monoisotopic (exact) mass is 197 g/mol. The molecule has 0 radical (unpaired) electrons. The quantitative estimate of drug-likeness (QED) is 0.721. The third kappa shape index (κ3) is 2.99. The molecule has 1 aromatic rings. The SMILES string of the molecule is COCc1cc(CON)cc(OC)c1. The Hall–Kier alpha value is -1.10. The standard InChI is InChI=1S/C10H15NO3/c1-12-6-8-3-9(7-14-11)5-10(4-8)13-2/h3-5H,6-7,11H2,1-2H3. The fourth-order valence-electron chi connectivity index (χ4n) is 1.28. The van der Waals surface area contributed by atoms with Gasteiger partial charge in [0.1, 0.15) is 5.75 Å². The molecule has 0 saturated carbocycles. The van der Waals surface area contributed by atoms with Crippen LogP contribution in [0.3, 0.4) is 0 Å². The Balaban J connectivity index is 2.88. The molecule has 0 aromatic heterocycles. The van der Waals surface area contributed by atoms with E-state index in [1.807, 2.05) is 18.2 Å². The first-order valence-electron chi connectivity index (χ1n) is 4.27. The highest BCUT2D eigenvalue weighted by Crippen LogP contribution is 2.17. The number of ether oxygens (including phenoxy) is 2. The van der Waals surface area contributed by atoms with E-state index < -0.39 is 0 Å². The van der Waals surface area contributed by atoms with Crippen molar-refractivity contribution in [3.63, 3.8) is 0 Å². The van der Waals surface area contributed by atoms with Crippen molar-refractivity contribution in [3.8, 4) is 5.75 Å². The second-order valence-corrected chi connectivity index (χ2v) is 2.93. The highest BCUT2D eigenvalue weighted by atomic mass is 16.6. The molecule has 14 heavy (non-hydrogen) atoms. The molecular formula is C10H15NO3. The van der Waals surface area contributed by atoms with E-state index in [0.717, 1.165) is 16.9 Å². The maximum absolute atomic E-state index is 5.14. The largest absolute Gasteiger partial charge is 0.497 e. The molecule has 0 unspecified atom stereocenters. The van der Waals surface area contributed by atoms with E-state index in [-0.39, 0.29) is 0 Å². The minimum absolute atomic E-state index is 0.369. The molecule has 0 spiro atoms. The van der Waals surface area contributed by atoms with Gasteiger partial charge in [-0.25, -0.2) is 5.90 Å². The van der Waals surface area contributed by atoms with Gasteiger partial charge in [-0.2, -0.15) is 0 Å². The zero-order valence-corrected chi connectivity index (χ0v) is 8.45. The molecular weight excluding hydrogens is 182 g/mol. The third-order valence-electron chi connectivity index (χ3n) is 1.82. The smallest absolute Gasteiger partial charge is 0.119 e. The number of nitrogens with two attached hydrogens (primary N) is 1. The summed E-state index contributed by atoms with van der Waals surface area (Å²) in [6.07, 6.45) is 0. The minimum Gasteiger partial charge on any atom is -0.497 e. The predicted octanol–water partition coefficient (Wildman–Crippen LogP) is 1.23. The Morgan fingerprint density at radius 3 is 2.21 bits per heavy atom. The second-order valence-electron chi connectivity index (χ2n) is 2.93. The Bertz CT molecular complexity index is 264. The van der Waals surface area contributed by atoms with Crippen molar-refractivity contribution in [2.45, 2.75) is 13.2 Å². The van der Waals surface area contributed by atoms with E-state index >= 15 is 0 Å². The summed E-state index contributed by atoms with van der Waals surface area (Å²) in [5.74, 6) is 5.79. The lowest BCUT2D eigenvalue weighted by atomic mass is 10.1. The molecule has 4 nitrogen and oxygen atoms in total. The van der Waals surface area contributed by atoms with Crippen LogP contribution in [-0.2, 0) is 22.8 Å². The number of rotatable bonds is 5. The Kier molecular flexibility index (Phi) is 4.39. The van der Waals surface area contributed by atoms with Gasteiger partial charge in [-0.15, -0.1) is 0 Å². The van der Waals surface area contributed by atoms with Gasteiger partial charge in [0, 0.05) is 7.11 Å². The summed E-state index contributed by atoms with van der Waals surface area (Å²) in [4.78, 5) is 4.56. The van der Waals surface area contributed by atoms with Crippen LogP contribution in [0.25, 0.3) is 0 Å². The normalized spacial score (nSPS) is 10.2. The van der Waals surface area contributed by atoms with Crippen molar-refractivity contribution in [3.05, 3.63) is 29.3 Å². The van der Waals surface area contributed by atoms with E-state index in [4.69, 9.17) is 15.4 Å². The van der Waals surface area contributed by atoms with Gasteiger partial charge in [0.2, 0.25) is 0 Å². The number of methoxy groups -OCH3 is 2. The maximum atomic E-state index is 5.14. The molecule has 0 heterocycles. The highest BCUT2D eigenvalue weighted by Gasteiger charge is 2.01. The van der Waals surface area contributed by atoms with Gasteiger partial charge in [-0.05, 0) is 23.3 Å². The van der Waals surface area contributed by atoms with Crippen molar-refractivity contribution in [1.29, 1.82) is 0 Å². The van der Waals surface area contributed by atoms with E-state index in [9.17, 15) is 0 Å². The Morgan fingerprint density at radius 1 is 1.07 bits per heavy atom. The molecule has 1 rings (SSSR count). The number of hydrogen-bond acceptors (Lipinski definition) is 4. The molecule has 0 aliphatic carbocycles. The first-order valence-corrected chi connectivity index (χ1v) is 4.27. The summed E-state index contributed by atoms with van der Waals surface area (Å²) in [6.45, 7) is 0.919. The van der Waals surface area contributed by atoms with Gasteiger partial charge in [0.15, 0.2) is 0 Å². The molecule has 0 fully saturated rings. The average Bonchev–Trinajstić information content (AvgIpc) is 2.18. The van der Waals surface area contributed by atoms with Crippen molar-refractivity contribution in [2.24, 2.45) is 5.90 Å². The van der Waals surface area contributed by atoms with Crippen molar-refractivity contribution in [1.82, 2.24) is 0 Å². The number of benzene rings is 1. The molecule has 1 aromatic carbocycles. The summed E-state index contributed by atoms with van der Waals surface area (Å²) in [5.41, 5.74) is 2.01. The van der Waals surface area contributed by atoms with E-state index in [0.29, 0.717) is 13.2 Å². The molecule has 0 bridgehead atoms. The first kappa shape index (κ1) is 11.0. The molecule has 4 heteroatoms. The fourth-order valence-corrected chi connectivity index (χ4v) is 1.28. The minimum atomic E-state index is 0.369. The van der Waals surface area contributed by atoms with Crippen LogP contribution >= 0.6 is 0 Å². The van der Waals surface area contributed by atoms with Crippen molar-refractivity contribution >= 4 is 0 Å². The molecule has 0 aliphatic rings. The maximum Gasteiger partial charge on any atom is 0.119 e. The van der Waals surface area contributed by atoms with Crippen LogP contribution in [0, 0.1) is 0 Å². The molecule has 0 saturated heterocycles. The molecule has 78 valence electrons. The van der Waals surface area contributed by atoms with Crippen LogP contribution in [0.15, 0.2) is 18.2 Å². The average molecular weight is 197 g/mol. The topological polar surface area (TPSA) is 53.7 Å². The van der Waals surface area contributed by atoms with Gasteiger partial charge in [0.25, 0.3) is 0 Å². The lowest BCUT2D eigenvalue weighted by Gasteiger charge is -2.07. The summed E-state index contributed by atoms with van der Waals surface area (Å²) in [7, 11) is 3.28. The predicted molar refractivity (Wildman–Crippen MR) is 52.7 cm³/mol. The van der Waals surface area contributed by atoms with E-state index in [2.05, 4.69) is 4.84 Å². The van der Waals surface area contributed by atoms with Gasteiger partial charge < -0.3 is 9.47 Å². The second kappa shape index (κ2) is 5.59. The van der Waals surface area contributed by atoms with Crippen LogP contribution in [0.1, 0.15) is 11.1 Å². The molecule has 0 amide bonds. The van der Waals surface area contributed by atoms with Gasteiger partial charge in [-0.1, -0.05) is 6.07 Å². The van der Waals surface area contributed by atoms with Crippen molar-refractivity contribution < 1.29 is 14.3 Å². The molecule has 2 N–H and O–H groups in total. The van der Waals surface area contributed by atoms with E-state index in [1.54, 1.807) is 14.2 Å². The summed E-state index contributed by atoms with van der Waals surface area (Å²) in [6, 6.07) is 5.77. The van der Waals surface area contributed by atoms with E-state index in [1.165, 1.54) is 0 Å². The Morgan fingerprint density at radius 2 is 1.71 bits per heavy atom.